The molecule has 35 heavy (non-hydrogen) atoms. The number of hydrogen-bond acceptors (Lipinski definition) is 6. The van der Waals surface area contributed by atoms with Gasteiger partial charge in [-0.25, -0.2) is 13.8 Å². The molecule has 0 bridgehead atoms. The first kappa shape index (κ1) is 26.2. The van der Waals surface area contributed by atoms with E-state index >= 15 is 0 Å². The van der Waals surface area contributed by atoms with Crippen LogP contribution < -0.4 is 10.1 Å². The number of methoxy groups -OCH3 is 1. The summed E-state index contributed by atoms with van der Waals surface area (Å²) in [4.78, 5) is 16.1. The summed E-state index contributed by atoms with van der Waals surface area (Å²) in [6, 6.07) is 13.5. The van der Waals surface area contributed by atoms with Gasteiger partial charge in [-0.1, -0.05) is 36.5 Å². The molecular formula is C26H26F2N2O4S. The van der Waals surface area contributed by atoms with Crippen molar-refractivity contribution < 1.29 is 28.2 Å². The summed E-state index contributed by atoms with van der Waals surface area (Å²) in [5.41, 5.74) is 0.356. The van der Waals surface area contributed by atoms with Crippen LogP contribution >= 0.6 is 12.2 Å². The minimum atomic E-state index is -1.25. The standard InChI is InChI=1S/C26H26F2N2O4S/c1-16(22(17-4-8-19(27)9-5-17)18-6-10-20(28)11-7-18)34-15-26(2,14-31)30-25(35)23-24(32)21(33-3)12-13-29-23/h4-14,16,22,32H,15H2,1-3H3,(H,30,35)/t16-,26+/m1/s1. The van der Waals surface area contributed by atoms with Crippen molar-refractivity contribution in [2.24, 2.45) is 0 Å². The van der Waals surface area contributed by atoms with Crippen molar-refractivity contribution >= 4 is 23.5 Å². The lowest BCUT2D eigenvalue weighted by atomic mass is 9.87. The minimum absolute atomic E-state index is 0.0425. The first-order valence-corrected chi connectivity index (χ1v) is 11.2. The van der Waals surface area contributed by atoms with E-state index in [0.29, 0.717) is 6.29 Å². The van der Waals surface area contributed by atoms with E-state index in [0.717, 1.165) is 11.1 Å². The highest BCUT2D eigenvalue weighted by Crippen LogP contribution is 2.31. The molecule has 0 fully saturated rings. The summed E-state index contributed by atoms with van der Waals surface area (Å²) in [5, 5.41) is 13.2. The monoisotopic (exact) mass is 500 g/mol. The smallest absolute Gasteiger partial charge is 0.187 e. The van der Waals surface area contributed by atoms with Crippen molar-refractivity contribution in [1.29, 1.82) is 0 Å². The van der Waals surface area contributed by atoms with Crippen LogP contribution in [0.25, 0.3) is 0 Å². The largest absolute Gasteiger partial charge is 0.503 e. The first-order valence-electron chi connectivity index (χ1n) is 10.8. The Hall–Kier alpha value is -3.43. The topological polar surface area (TPSA) is 80.7 Å². The molecule has 9 heteroatoms. The number of benzene rings is 2. The Balaban J connectivity index is 1.79. The molecular weight excluding hydrogens is 474 g/mol. The summed E-state index contributed by atoms with van der Waals surface area (Å²) < 4.78 is 38.2. The summed E-state index contributed by atoms with van der Waals surface area (Å²) in [7, 11) is 1.40. The van der Waals surface area contributed by atoms with E-state index in [9.17, 15) is 18.7 Å². The lowest BCUT2D eigenvalue weighted by Gasteiger charge is -2.31. The van der Waals surface area contributed by atoms with Gasteiger partial charge in [0, 0.05) is 18.2 Å². The van der Waals surface area contributed by atoms with E-state index in [1.807, 2.05) is 6.92 Å². The van der Waals surface area contributed by atoms with Gasteiger partial charge in [-0.05, 0) is 49.2 Å². The second-order valence-electron chi connectivity index (χ2n) is 8.30. The number of aromatic hydroxyl groups is 1. The van der Waals surface area contributed by atoms with Gasteiger partial charge in [0.15, 0.2) is 11.5 Å². The molecule has 0 aliphatic rings. The van der Waals surface area contributed by atoms with Crippen LogP contribution in [-0.4, -0.2) is 46.7 Å². The van der Waals surface area contributed by atoms with Gasteiger partial charge < -0.3 is 24.7 Å². The van der Waals surface area contributed by atoms with Gasteiger partial charge >= 0.3 is 0 Å². The molecule has 0 spiro atoms. The molecule has 0 amide bonds. The van der Waals surface area contributed by atoms with Crippen LogP contribution in [0, 0.1) is 11.6 Å². The van der Waals surface area contributed by atoms with Gasteiger partial charge in [0.05, 0.1) is 19.8 Å². The third-order valence-electron chi connectivity index (χ3n) is 5.56. The van der Waals surface area contributed by atoms with Crippen LogP contribution in [0.15, 0.2) is 60.8 Å². The molecule has 0 unspecified atom stereocenters. The Morgan fingerprint density at radius 2 is 1.66 bits per heavy atom. The van der Waals surface area contributed by atoms with E-state index in [2.05, 4.69) is 10.3 Å². The van der Waals surface area contributed by atoms with Crippen molar-refractivity contribution in [1.82, 2.24) is 10.3 Å². The highest BCUT2D eigenvalue weighted by Gasteiger charge is 2.30. The second kappa shape index (κ2) is 11.3. The van der Waals surface area contributed by atoms with Gasteiger partial charge in [-0.3, -0.25) is 0 Å². The summed E-state index contributed by atoms with van der Waals surface area (Å²) in [5.74, 6) is -1.16. The molecule has 2 aromatic carbocycles. The van der Waals surface area contributed by atoms with Crippen LogP contribution in [0.2, 0.25) is 0 Å². The maximum atomic E-state index is 13.5. The average molecular weight is 501 g/mol. The lowest BCUT2D eigenvalue weighted by Crippen LogP contribution is -2.51. The Morgan fingerprint density at radius 1 is 1.11 bits per heavy atom. The van der Waals surface area contributed by atoms with Crippen molar-refractivity contribution in [2.45, 2.75) is 31.4 Å². The number of halogens is 2. The van der Waals surface area contributed by atoms with Crippen LogP contribution in [0.5, 0.6) is 11.5 Å². The number of thiocarbonyl (C=S) groups is 1. The molecule has 6 nitrogen and oxygen atoms in total. The highest BCUT2D eigenvalue weighted by atomic mass is 32.1. The number of carbonyl (C=O) groups is 1. The number of aromatic nitrogens is 1. The Morgan fingerprint density at radius 3 is 2.14 bits per heavy atom. The Labute approximate surface area is 207 Å². The van der Waals surface area contributed by atoms with Crippen LogP contribution in [0.3, 0.4) is 0 Å². The molecule has 0 saturated heterocycles. The lowest BCUT2D eigenvalue weighted by molar-refractivity contribution is -0.115. The predicted octanol–water partition coefficient (Wildman–Crippen LogP) is 4.53. The quantitative estimate of drug-likeness (QED) is 0.313. The summed E-state index contributed by atoms with van der Waals surface area (Å²) in [6.45, 7) is 3.33. The minimum Gasteiger partial charge on any atom is -0.503 e. The van der Waals surface area contributed by atoms with Crippen molar-refractivity contribution in [2.75, 3.05) is 13.7 Å². The molecule has 0 aliphatic heterocycles. The highest BCUT2D eigenvalue weighted by molar-refractivity contribution is 7.80. The summed E-state index contributed by atoms with van der Waals surface area (Å²) >= 11 is 5.36. The number of nitrogens with one attached hydrogen (secondary N) is 1. The molecule has 0 saturated carbocycles. The SMILES string of the molecule is COc1ccnc(C(=S)N[C@@](C)(C=O)CO[C@H](C)C(c2ccc(F)cc2)c2ccc(F)cc2)c1O. The van der Waals surface area contributed by atoms with Crippen molar-refractivity contribution in [3.8, 4) is 11.5 Å². The van der Waals surface area contributed by atoms with Crippen LogP contribution in [-0.2, 0) is 9.53 Å². The molecule has 1 aromatic heterocycles. The van der Waals surface area contributed by atoms with Crippen molar-refractivity contribution in [3.05, 3.63) is 89.2 Å². The van der Waals surface area contributed by atoms with E-state index in [4.69, 9.17) is 21.7 Å². The van der Waals surface area contributed by atoms with Crippen molar-refractivity contribution in [3.63, 3.8) is 0 Å². The fourth-order valence-corrected chi connectivity index (χ4v) is 4.04. The number of pyridine rings is 1. The normalized spacial score (nSPS) is 13.7. The number of hydrogen-bond donors (Lipinski definition) is 2. The third kappa shape index (κ3) is 6.37. The zero-order valence-corrected chi connectivity index (χ0v) is 20.3. The zero-order valence-electron chi connectivity index (χ0n) is 19.5. The number of ether oxygens (including phenoxy) is 2. The van der Waals surface area contributed by atoms with Gasteiger partial charge in [-0.2, -0.15) is 0 Å². The Bertz CT molecular complexity index is 1130. The Kier molecular flexibility index (Phi) is 8.48. The van der Waals surface area contributed by atoms with Gasteiger partial charge in [0.2, 0.25) is 0 Å². The number of nitrogens with zero attached hydrogens (tertiary/aromatic N) is 1. The van der Waals surface area contributed by atoms with Gasteiger partial charge in [0.25, 0.3) is 0 Å². The second-order valence-corrected chi connectivity index (χ2v) is 8.71. The van der Waals surface area contributed by atoms with E-state index in [1.54, 1.807) is 31.2 Å². The fourth-order valence-electron chi connectivity index (χ4n) is 3.66. The van der Waals surface area contributed by atoms with Crippen LogP contribution in [0.4, 0.5) is 8.78 Å². The molecule has 0 aliphatic carbocycles. The molecule has 2 atom stereocenters. The molecule has 0 radical (unpaired) electrons. The maximum absolute atomic E-state index is 13.5. The molecule has 3 aromatic rings. The molecule has 184 valence electrons. The molecule has 1 heterocycles. The van der Waals surface area contributed by atoms with Gasteiger partial charge in [-0.15, -0.1) is 0 Å². The summed E-state index contributed by atoms with van der Waals surface area (Å²) in [6.07, 6.45) is 1.60. The number of aldehydes is 1. The van der Waals surface area contributed by atoms with Gasteiger partial charge in [0.1, 0.15) is 34.1 Å². The third-order valence-corrected chi connectivity index (χ3v) is 5.85. The number of carbonyl (C=O) groups excluding carboxylic acids is 1. The molecule has 2 N–H and O–H groups in total. The average Bonchev–Trinajstić information content (AvgIpc) is 2.85. The predicted molar refractivity (Wildman–Crippen MR) is 132 cm³/mol. The zero-order chi connectivity index (χ0) is 25.6. The first-order chi connectivity index (χ1) is 16.7. The van der Waals surface area contributed by atoms with E-state index in [-0.39, 0.29) is 46.3 Å². The van der Waals surface area contributed by atoms with E-state index < -0.39 is 11.6 Å². The maximum Gasteiger partial charge on any atom is 0.187 e. The fraction of sp³-hybridized carbons (Fsp3) is 0.269. The molecule has 3 rings (SSSR count). The van der Waals surface area contributed by atoms with Crippen LogP contribution in [0.1, 0.15) is 36.6 Å². The number of rotatable bonds is 10. The van der Waals surface area contributed by atoms with E-state index in [1.165, 1.54) is 43.6 Å².